The van der Waals surface area contributed by atoms with Gasteiger partial charge in [-0.1, -0.05) is 18.2 Å². The van der Waals surface area contributed by atoms with Crippen molar-refractivity contribution in [3.8, 4) is 17.2 Å². The number of methoxy groups -OCH3 is 3. The smallest absolute Gasteiger partial charge is 0.255 e. The van der Waals surface area contributed by atoms with E-state index in [1.165, 1.54) is 0 Å². The molecule has 1 aliphatic heterocycles. The first-order valence-corrected chi connectivity index (χ1v) is 10.5. The lowest BCUT2D eigenvalue weighted by atomic mass is 9.94. The Morgan fingerprint density at radius 2 is 1.70 bits per heavy atom. The summed E-state index contributed by atoms with van der Waals surface area (Å²) in [5, 5.41) is 10.8. The average molecular weight is 450 g/mol. The fourth-order valence-corrected chi connectivity index (χ4v) is 4.02. The number of fused-ring (bicyclic) bond motifs is 1. The highest BCUT2D eigenvalue weighted by atomic mass is 16.5. The maximum atomic E-state index is 13.6. The van der Waals surface area contributed by atoms with Crippen LogP contribution in [0, 0.1) is 13.8 Å². The van der Waals surface area contributed by atoms with Gasteiger partial charge in [0.15, 0.2) is 11.5 Å². The molecule has 0 spiro atoms. The van der Waals surface area contributed by atoms with E-state index in [0.717, 1.165) is 16.8 Å². The normalized spacial score (nSPS) is 14.9. The predicted octanol–water partition coefficient (Wildman–Crippen LogP) is 3.85. The molecule has 0 saturated heterocycles. The van der Waals surface area contributed by atoms with Crippen LogP contribution in [0.5, 0.6) is 17.2 Å². The second kappa shape index (κ2) is 8.85. The number of para-hydroxylation sites is 1. The van der Waals surface area contributed by atoms with Crippen molar-refractivity contribution < 1.29 is 19.0 Å². The fourth-order valence-electron chi connectivity index (χ4n) is 4.02. The molecule has 0 bridgehead atoms. The van der Waals surface area contributed by atoms with Crippen LogP contribution >= 0.6 is 0 Å². The molecule has 172 valence electrons. The number of rotatable bonds is 6. The fraction of sp³-hybridized carbons (Fsp3) is 0.292. The van der Waals surface area contributed by atoms with E-state index in [1.807, 2.05) is 57.2 Å². The van der Waals surface area contributed by atoms with E-state index in [9.17, 15) is 4.79 Å². The molecule has 3 aromatic rings. The summed E-state index contributed by atoms with van der Waals surface area (Å²) in [6.07, 6.45) is 0. The lowest BCUT2D eigenvalue weighted by Crippen LogP contribution is -2.31. The molecule has 1 atom stereocenters. The molecular weight excluding hydrogens is 422 g/mol. The van der Waals surface area contributed by atoms with Crippen LogP contribution in [0.4, 0.5) is 11.6 Å². The minimum atomic E-state index is -0.569. The number of aromatic nitrogens is 3. The van der Waals surface area contributed by atoms with Crippen molar-refractivity contribution in [3.05, 3.63) is 64.6 Å². The van der Waals surface area contributed by atoms with E-state index in [0.29, 0.717) is 40.3 Å². The van der Waals surface area contributed by atoms with E-state index in [-0.39, 0.29) is 5.91 Å². The lowest BCUT2D eigenvalue weighted by molar-refractivity contribution is -0.113. The van der Waals surface area contributed by atoms with Gasteiger partial charge in [-0.2, -0.15) is 10.1 Å². The molecule has 4 rings (SSSR count). The Hall–Kier alpha value is -4.01. The van der Waals surface area contributed by atoms with Gasteiger partial charge in [-0.05, 0) is 50.1 Å². The Morgan fingerprint density at radius 1 is 1.03 bits per heavy atom. The number of benzene rings is 2. The van der Waals surface area contributed by atoms with Crippen molar-refractivity contribution in [2.75, 3.05) is 32.0 Å². The number of hydrogen-bond donors (Lipinski definition) is 2. The molecule has 0 fully saturated rings. The monoisotopic (exact) mass is 449 g/mol. The number of hydrogen-bond acceptors (Lipinski definition) is 7. The third-order valence-electron chi connectivity index (χ3n) is 5.60. The number of allylic oxidation sites excluding steroid dienone is 1. The van der Waals surface area contributed by atoms with Gasteiger partial charge >= 0.3 is 0 Å². The lowest BCUT2D eigenvalue weighted by Gasteiger charge is -2.29. The van der Waals surface area contributed by atoms with Gasteiger partial charge in [-0.15, -0.1) is 0 Å². The second-order valence-corrected chi connectivity index (χ2v) is 7.72. The number of ether oxygens (including phenoxy) is 3. The Kier molecular flexibility index (Phi) is 5.95. The Labute approximate surface area is 192 Å². The minimum absolute atomic E-state index is 0.244. The highest BCUT2D eigenvalue weighted by molar-refractivity contribution is 6.06. The van der Waals surface area contributed by atoms with Crippen LogP contribution < -0.4 is 24.8 Å². The second-order valence-electron chi connectivity index (χ2n) is 7.72. The average Bonchev–Trinajstić information content (AvgIpc) is 3.17. The number of anilines is 2. The molecule has 33 heavy (non-hydrogen) atoms. The summed E-state index contributed by atoms with van der Waals surface area (Å²) in [7, 11) is 4.66. The first-order valence-electron chi connectivity index (χ1n) is 10.5. The van der Waals surface area contributed by atoms with Gasteiger partial charge in [-0.25, -0.2) is 4.68 Å². The summed E-state index contributed by atoms with van der Waals surface area (Å²) in [6, 6.07) is 10.7. The maximum Gasteiger partial charge on any atom is 0.255 e. The van der Waals surface area contributed by atoms with E-state index < -0.39 is 6.04 Å². The van der Waals surface area contributed by atoms with Crippen molar-refractivity contribution in [2.24, 2.45) is 0 Å². The van der Waals surface area contributed by atoms with Gasteiger partial charge in [0.2, 0.25) is 11.7 Å². The molecule has 2 aromatic carbocycles. The molecular formula is C24H27N5O4. The van der Waals surface area contributed by atoms with Crippen molar-refractivity contribution in [2.45, 2.75) is 26.8 Å². The zero-order valence-corrected chi connectivity index (χ0v) is 19.5. The number of amides is 1. The largest absolute Gasteiger partial charge is 0.493 e. The van der Waals surface area contributed by atoms with Crippen LogP contribution in [0.2, 0.25) is 0 Å². The van der Waals surface area contributed by atoms with Crippen LogP contribution in [-0.2, 0) is 4.79 Å². The molecule has 1 unspecified atom stereocenters. The molecule has 1 aromatic heterocycles. The number of carbonyl (C=O) groups excluding carboxylic acids is 1. The zero-order valence-electron chi connectivity index (χ0n) is 19.5. The zero-order chi connectivity index (χ0) is 23.7. The Bertz CT molecular complexity index is 1220. The molecule has 2 heterocycles. The van der Waals surface area contributed by atoms with E-state index >= 15 is 0 Å². The van der Waals surface area contributed by atoms with Crippen molar-refractivity contribution >= 4 is 17.5 Å². The molecule has 1 amide bonds. The van der Waals surface area contributed by atoms with Gasteiger partial charge in [0.1, 0.15) is 11.9 Å². The number of aryl methyl sites for hydroxylation is 2. The first-order chi connectivity index (χ1) is 15.9. The molecule has 9 heteroatoms. The number of nitrogens with zero attached hydrogens (tertiary/aromatic N) is 3. The van der Waals surface area contributed by atoms with Crippen LogP contribution in [0.1, 0.15) is 29.9 Å². The molecule has 0 aliphatic carbocycles. The highest BCUT2D eigenvalue weighted by Gasteiger charge is 2.35. The number of nitrogens with one attached hydrogen (secondary N) is 2. The first kappa shape index (κ1) is 22.2. The standard InChI is InChI=1S/C24H27N5O4/c1-13-9-7-8-10-17(13)27-23(30)20-14(2)25-24-26-15(3)28-29(24)21(20)16-11-18(31-4)22(33-6)19(12-16)32-5/h7-12,21H,1-6H3,(H,27,30)(H,25,26,28). The third-order valence-corrected chi connectivity index (χ3v) is 5.60. The van der Waals surface area contributed by atoms with Crippen LogP contribution in [0.25, 0.3) is 0 Å². The van der Waals surface area contributed by atoms with Crippen LogP contribution in [-0.4, -0.2) is 42.0 Å². The third kappa shape index (κ3) is 3.97. The van der Waals surface area contributed by atoms with E-state index in [2.05, 4.69) is 20.7 Å². The van der Waals surface area contributed by atoms with Gasteiger partial charge in [0.25, 0.3) is 5.91 Å². The van der Waals surface area contributed by atoms with Gasteiger partial charge < -0.3 is 24.8 Å². The Balaban J connectivity index is 1.87. The van der Waals surface area contributed by atoms with Gasteiger partial charge in [0, 0.05) is 11.4 Å². The summed E-state index contributed by atoms with van der Waals surface area (Å²) < 4.78 is 18.3. The summed E-state index contributed by atoms with van der Waals surface area (Å²) in [5.74, 6) is 2.34. The number of carbonyl (C=O) groups is 1. The summed E-state index contributed by atoms with van der Waals surface area (Å²) in [5.41, 5.74) is 3.64. The SMILES string of the molecule is COc1cc(C2C(C(=O)Nc3ccccc3C)=C(C)Nc3nc(C)nn32)cc(OC)c1OC. The predicted molar refractivity (Wildman–Crippen MR) is 125 cm³/mol. The highest BCUT2D eigenvalue weighted by Crippen LogP contribution is 2.44. The minimum Gasteiger partial charge on any atom is -0.493 e. The molecule has 0 radical (unpaired) electrons. The summed E-state index contributed by atoms with van der Waals surface area (Å²) >= 11 is 0. The maximum absolute atomic E-state index is 13.6. The summed E-state index contributed by atoms with van der Waals surface area (Å²) in [6.45, 7) is 5.61. The molecule has 1 aliphatic rings. The van der Waals surface area contributed by atoms with Gasteiger partial charge in [0.05, 0.1) is 26.9 Å². The molecule has 9 nitrogen and oxygen atoms in total. The van der Waals surface area contributed by atoms with E-state index in [4.69, 9.17) is 14.2 Å². The summed E-state index contributed by atoms with van der Waals surface area (Å²) in [4.78, 5) is 18.1. The van der Waals surface area contributed by atoms with Gasteiger partial charge in [-0.3, -0.25) is 4.79 Å². The van der Waals surface area contributed by atoms with Crippen molar-refractivity contribution in [1.82, 2.24) is 14.8 Å². The van der Waals surface area contributed by atoms with Crippen molar-refractivity contribution in [3.63, 3.8) is 0 Å². The topological polar surface area (TPSA) is 99.5 Å². The Morgan fingerprint density at radius 3 is 2.30 bits per heavy atom. The molecule has 2 N–H and O–H groups in total. The van der Waals surface area contributed by atoms with Crippen molar-refractivity contribution in [1.29, 1.82) is 0 Å². The molecule has 0 saturated carbocycles. The quantitative estimate of drug-likeness (QED) is 0.590. The van der Waals surface area contributed by atoms with E-state index in [1.54, 1.807) is 26.0 Å². The van der Waals surface area contributed by atoms with Crippen LogP contribution in [0.3, 0.4) is 0 Å². The van der Waals surface area contributed by atoms with Crippen LogP contribution in [0.15, 0.2) is 47.7 Å².